The summed E-state index contributed by atoms with van der Waals surface area (Å²) in [5, 5.41) is 29.8. The summed E-state index contributed by atoms with van der Waals surface area (Å²) in [4.78, 5) is 22.5. The van der Waals surface area contributed by atoms with Gasteiger partial charge in [-0.25, -0.2) is 8.91 Å². The Kier molecular flexibility index (Phi) is 10.1. The molecule has 2 unspecified atom stereocenters. The number of anilines is 1. The van der Waals surface area contributed by atoms with Crippen LogP contribution in [-0.4, -0.2) is 69.0 Å². The number of carbonyl (C=O) groups is 1. The van der Waals surface area contributed by atoms with Crippen LogP contribution in [-0.2, 0) is 4.74 Å². The van der Waals surface area contributed by atoms with Crippen molar-refractivity contribution >= 4 is 23.3 Å². The maximum atomic E-state index is 14.4. The zero-order valence-corrected chi connectivity index (χ0v) is 25.7. The van der Waals surface area contributed by atoms with Gasteiger partial charge < -0.3 is 26.2 Å². The van der Waals surface area contributed by atoms with Gasteiger partial charge in [-0.05, 0) is 101 Å². The maximum Gasteiger partial charge on any atom is 0.255 e. The molecule has 5 rings (SSSR count). The molecule has 5 N–H and O–H groups in total. The number of aromatic nitrogens is 3. The fraction of sp³-hybridized carbons (Fsp3) is 0.485. The number of carbonyl (C=O) groups excluding carboxylic acids is 1. The van der Waals surface area contributed by atoms with Gasteiger partial charge in [0.2, 0.25) is 0 Å². The van der Waals surface area contributed by atoms with E-state index in [2.05, 4.69) is 31.8 Å². The molecule has 0 spiro atoms. The maximum absolute atomic E-state index is 14.4. The third-order valence-electron chi connectivity index (χ3n) is 8.55. The average Bonchev–Trinajstić information content (AvgIpc) is 3.47. The molecular weight excluding hydrogens is 575 g/mol. The van der Waals surface area contributed by atoms with E-state index >= 15 is 0 Å². The van der Waals surface area contributed by atoms with Crippen molar-refractivity contribution in [2.75, 3.05) is 18.5 Å². The van der Waals surface area contributed by atoms with Crippen LogP contribution in [0.15, 0.2) is 53.4 Å². The van der Waals surface area contributed by atoms with Gasteiger partial charge in [-0.15, -0.1) is 0 Å². The van der Waals surface area contributed by atoms with E-state index in [0.717, 1.165) is 62.6 Å². The second-order valence-corrected chi connectivity index (χ2v) is 12.3. The lowest BCUT2D eigenvalue weighted by Crippen LogP contribution is -2.42. The monoisotopic (exact) mass is 616 g/mol. The molecule has 2 atom stereocenters. The van der Waals surface area contributed by atoms with Gasteiger partial charge in [-0.2, -0.15) is 10.4 Å². The first-order chi connectivity index (χ1) is 21.7. The number of hydrogen-bond donors (Lipinski definition) is 4. The Labute approximate surface area is 262 Å². The van der Waals surface area contributed by atoms with E-state index < -0.39 is 17.7 Å². The SMILES string of the molecule is CC(C)(O)C(F)CNC(=O)c1cnc(-c2ccc3cc(C#N)cnn23)cc1NC1CCC(C(=C/N)/C=N/C2CCCCO2)CC1. The Balaban J connectivity index is 1.34. The van der Waals surface area contributed by atoms with E-state index in [0.29, 0.717) is 22.6 Å². The van der Waals surface area contributed by atoms with Gasteiger partial charge in [-0.1, -0.05) is 0 Å². The topological polar surface area (TPSA) is 163 Å². The van der Waals surface area contributed by atoms with Crippen LogP contribution >= 0.6 is 0 Å². The number of amides is 1. The number of aliphatic hydroxyl groups is 1. The van der Waals surface area contributed by atoms with E-state index in [1.54, 1.807) is 22.8 Å². The Bertz CT molecular complexity index is 1590. The number of hydrogen-bond acceptors (Lipinski definition) is 9. The molecule has 0 bridgehead atoms. The van der Waals surface area contributed by atoms with Crippen molar-refractivity contribution in [1.82, 2.24) is 19.9 Å². The molecule has 1 saturated carbocycles. The predicted molar refractivity (Wildman–Crippen MR) is 170 cm³/mol. The lowest BCUT2D eigenvalue weighted by Gasteiger charge is -2.31. The number of nitriles is 1. The highest BCUT2D eigenvalue weighted by Crippen LogP contribution is 2.33. The summed E-state index contributed by atoms with van der Waals surface area (Å²) >= 11 is 0. The van der Waals surface area contributed by atoms with Crippen molar-refractivity contribution in [3.05, 3.63) is 59.6 Å². The Morgan fingerprint density at radius 3 is 2.76 bits per heavy atom. The van der Waals surface area contributed by atoms with E-state index in [1.165, 1.54) is 26.2 Å². The van der Waals surface area contributed by atoms with Gasteiger partial charge in [0.15, 0.2) is 0 Å². The van der Waals surface area contributed by atoms with E-state index in [1.807, 2.05) is 18.3 Å². The molecule has 1 saturated heterocycles. The molecule has 2 aliphatic rings. The number of ether oxygens (including phenoxy) is 1. The number of pyridine rings is 1. The first kappa shape index (κ1) is 32.1. The fourth-order valence-electron chi connectivity index (χ4n) is 5.76. The van der Waals surface area contributed by atoms with E-state index in [-0.39, 0.29) is 30.3 Å². The molecule has 12 heteroatoms. The number of alkyl halides is 1. The van der Waals surface area contributed by atoms with Gasteiger partial charge in [0.25, 0.3) is 5.91 Å². The van der Waals surface area contributed by atoms with Crippen LogP contribution in [0.5, 0.6) is 0 Å². The molecule has 0 aromatic carbocycles. The lowest BCUT2D eigenvalue weighted by atomic mass is 9.82. The van der Waals surface area contributed by atoms with Gasteiger partial charge >= 0.3 is 0 Å². The minimum Gasteiger partial charge on any atom is -0.404 e. The highest BCUT2D eigenvalue weighted by Gasteiger charge is 2.28. The van der Waals surface area contributed by atoms with Crippen LogP contribution in [0.3, 0.4) is 0 Å². The molecule has 1 aliphatic heterocycles. The molecule has 0 radical (unpaired) electrons. The molecule has 2 fully saturated rings. The Morgan fingerprint density at radius 2 is 2.07 bits per heavy atom. The number of fused-ring (bicyclic) bond motifs is 1. The fourth-order valence-corrected chi connectivity index (χ4v) is 5.76. The normalized spacial score (nSPS) is 21.8. The van der Waals surface area contributed by atoms with Crippen LogP contribution < -0.4 is 16.4 Å². The number of nitrogens with zero attached hydrogens (tertiary/aromatic N) is 5. The van der Waals surface area contributed by atoms with Crippen LogP contribution in [0, 0.1) is 17.2 Å². The lowest BCUT2D eigenvalue weighted by molar-refractivity contribution is -0.00178. The van der Waals surface area contributed by atoms with E-state index in [9.17, 15) is 19.6 Å². The average molecular weight is 617 g/mol. The summed E-state index contributed by atoms with van der Waals surface area (Å²) < 4.78 is 21.9. The van der Waals surface area contributed by atoms with Crippen molar-refractivity contribution in [1.29, 1.82) is 5.26 Å². The minimum absolute atomic E-state index is 0.0753. The van der Waals surface area contributed by atoms with Crippen molar-refractivity contribution in [3.63, 3.8) is 0 Å². The summed E-state index contributed by atoms with van der Waals surface area (Å²) in [7, 11) is 0. The first-order valence-electron chi connectivity index (χ1n) is 15.5. The minimum atomic E-state index is -1.64. The van der Waals surface area contributed by atoms with Gasteiger partial charge in [0.1, 0.15) is 18.5 Å². The molecule has 1 aliphatic carbocycles. The summed E-state index contributed by atoms with van der Waals surface area (Å²) in [6, 6.07) is 9.42. The number of nitrogens with one attached hydrogen (secondary N) is 2. The van der Waals surface area contributed by atoms with Crippen LogP contribution in [0.25, 0.3) is 16.9 Å². The second-order valence-electron chi connectivity index (χ2n) is 12.3. The van der Waals surface area contributed by atoms with Crippen LogP contribution in [0.1, 0.15) is 74.7 Å². The number of nitrogens with two attached hydrogens (primary N) is 1. The van der Waals surface area contributed by atoms with Crippen molar-refractivity contribution in [2.24, 2.45) is 16.6 Å². The number of aliphatic imine (C=N–C) groups is 1. The third-order valence-corrected chi connectivity index (χ3v) is 8.55. The molecule has 45 heavy (non-hydrogen) atoms. The smallest absolute Gasteiger partial charge is 0.255 e. The second kappa shape index (κ2) is 14.2. The van der Waals surface area contributed by atoms with Crippen LogP contribution in [0.4, 0.5) is 10.1 Å². The standard InChI is InChI=1S/C33H41FN8O3/c1-33(2,44)30(34)20-39-32(43)26-19-37-28(29-11-10-25-13-21(15-35)17-40-42(25)29)14-27(26)41-24-8-6-22(7-9-24)23(16-36)18-38-31-5-3-4-12-45-31/h10-11,13-14,16-19,22,24,30-31,44H,3-9,12,20,36H2,1-2H3,(H,37,41)(H,39,43)/b23-16+,38-18+. The van der Waals surface area contributed by atoms with Crippen LogP contribution in [0.2, 0.25) is 0 Å². The molecular formula is C33H41FN8O3. The summed E-state index contributed by atoms with van der Waals surface area (Å²) in [6.07, 6.45) is 11.3. The largest absolute Gasteiger partial charge is 0.404 e. The quantitative estimate of drug-likeness (QED) is 0.242. The molecule has 1 amide bonds. The zero-order valence-electron chi connectivity index (χ0n) is 25.7. The summed E-state index contributed by atoms with van der Waals surface area (Å²) in [6.45, 7) is 3.12. The van der Waals surface area contributed by atoms with Crippen molar-refractivity contribution in [3.8, 4) is 17.5 Å². The first-order valence-corrected chi connectivity index (χ1v) is 15.5. The molecule has 3 aromatic rings. The van der Waals surface area contributed by atoms with E-state index in [4.69, 9.17) is 10.5 Å². The molecule has 238 valence electrons. The molecule has 3 aromatic heterocycles. The predicted octanol–water partition coefficient (Wildman–Crippen LogP) is 4.52. The van der Waals surface area contributed by atoms with Crippen molar-refractivity contribution in [2.45, 2.75) is 82.8 Å². The van der Waals surface area contributed by atoms with Gasteiger partial charge in [-0.3, -0.25) is 14.8 Å². The molecule has 11 nitrogen and oxygen atoms in total. The highest BCUT2D eigenvalue weighted by molar-refractivity contribution is 6.00. The highest BCUT2D eigenvalue weighted by atomic mass is 19.1. The van der Waals surface area contributed by atoms with Crippen molar-refractivity contribution < 1.29 is 19.0 Å². The number of halogens is 1. The van der Waals surface area contributed by atoms with Gasteiger partial charge in [0.05, 0.1) is 52.1 Å². The number of rotatable bonds is 10. The van der Waals surface area contributed by atoms with Gasteiger partial charge in [0, 0.05) is 25.1 Å². The zero-order chi connectivity index (χ0) is 32.0. The Morgan fingerprint density at radius 1 is 1.27 bits per heavy atom. The Hall–Kier alpha value is -4.34. The third kappa shape index (κ3) is 7.85. The summed E-state index contributed by atoms with van der Waals surface area (Å²) in [5.41, 5.74) is 8.71. The number of allylic oxidation sites excluding steroid dienone is 1. The summed E-state index contributed by atoms with van der Waals surface area (Å²) in [5.74, 6) is -0.223. The molecule has 4 heterocycles.